The molecule has 3 rings (SSSR count). The van der Waals surface area contributed by atoms with Crippen molar-refractivity contribution in [3.05, 3.63) is 74.9 Å². The van der Waals surface area contributed by atoms with Crippen LogP contribution < -0.4 is 5.32 Å². The van der Waals surface area contributed by atoms with E-state index in [1.807, 2.05) is 0 Å². The number of rotatable bonds is 3. The summed E-state index contributed by atoms with van der Waals surface area (Å²) in [6, 6.07) is 11.7. The van der Waals surface area contributed by atoms with E-state index in [0.717, 1.165) is 11.8 Å². The molecule has 24 heavy (non-hydrogen) atoms. The highest BCUT2D eigenvalue weighted by molar-refractivity contribution is 8.18. The molecule has 1 saturated heterocycles. The summed E-state index contributed by atoms with van der Waals surface area (Å²) in [4.78, 5) is 27.0. The molecule has 0 unspecified atom stereocenters. The molecule has 1 fully saturated rings. The Morgan fingerprint density at radius 2 is 1.88 bits per heavy atom. The molecule has 0 aliphatic carbocycles. The molecule has 1 heterocycles. The van der Waals surface area contributed by atoms with Crippen LogP contribution in [0.5, 0.6) is 0 Å². The number of aliphatic imine (C=N–C) groups is 1. The Labute approximate surface area is 140 Å². The molecule has 1 N–H and O–H groups in total. The van der Waals surface area contributed by atoms with Gasteiger partial charge in [0.25, 0.3) is 11.6 Å². The summed E-state index contributed by atoms with van der Waals surface area (Å²) in [5, 5.41) is 13.9. The zero-order valence-corrected chi connectivity index (χ0v) is 12.9. The molecule has 120 valence electrons. The number of halogens is 1. The lowest BCUT2D eigenvalue weighted by Gasteiger charge is -1.97. The Kier molecular flexibility index (Phi) is 4.39. The first-order chi connectivity index (χ1) is 11.5. The molecule has 2 aromatic rings. The van der Waals surface area contributed by atoms with Crippen molar-refractivity contribution >= 4 is 40.3 Å². The van der Waals surface area contributed by atoms with E-state index >= 15 is 0 Å². The van der Waals surface area contributed by atoms with Gasteiger partial charge in [0.2, 0.25) is 0 Å². The fourth-order valence-corrected chi connectivity index (χ4v) is 2.86. The quantitative estimate of drug-likeness (QED) is 0.524. The number of carbonyl (C=O) groups is 1. The van der Waals surface area contributed by atoms with Crippen molar-refractivity contribution in [1.29, 1.82) is 0 Å². The predicted octanol–water partition coefficient (Wildman–Crippen LogP) is 3.63. The highest BCUT2D eigenvalue weighted by atomic mass is 32.2. The van der Waals surface area contributed by atoms with Gasteiger partial charge in [-0.05, 0) is 48.2 Å². The van der Waals surface area contributed by atoms with E-state index in [1.165, 1.54) is 36.4 Å². The molecule has 1 amide bonds. The normalized spacial score (nSPS) is 17.3. The van der Waals surface area contributed by atoms with Crippen LogP contribution in [0.4, 0.5) is 15.8 Å². The Balaban J connectivity index is 1.88. The molecule has 6 nitrogen and oxygen atoms in total. The van der Waals surface area contributed by atoms with Gasteiger partial charge in [-0.25, -0.2) is 9.38 Å². The number of nitro groups is 1. The first kappa shape index (κ1) is 15.9. The number of carbonyl (C=O) groups excluding carboxylic acids is 1. The SMILES string of the molecule is O=C1NC(=Nc2ccc(F)cc2)S/C1=C/c1ccccc1[N+](=O)[O-]. The third kappa shape index (κ3) is 3.49. The maximum atomic E-state index is 12.9. The highest BCUT2D eigenvalue weighted by Crippen LogP contribution is 2.30. The van der Waals surface area contributed by atoms with E-state index in [9.17, 15) is 19.3 Å². The van der Waals surface area contributed by atoms with Gasteiger partial charge in [0.15, 0.2) is 5.17 Å². The smallest absolute Gasteiger partial charge is 0.276 e. The standard InChI is InChI=1S/C16H10FN3O3S/c17-11-5-7-12(8-6-11)18-16-19-15(21)14(24-16)9-10-3-1-2-4-13(10)20(22)23/h1-9H,(H,18,19,21)/b14-9+. The fourth-order valence-electron chi connectivity index (χ4n) is 2.03. The van der Waals surface area contributed by atoms with Crippen LogP contribution in [0.2, 0.25) is 0 Å². The lowest BCUT2D eigenvalue weighted by atomic mass is 10.1. The number of amides is 1. The number of thioether (sulfide) groups is 1. The number of para-hydroxylation sites is 1. The van der Waals surface area contributed by atoms with Crippen LogP contribution in [0.3, 0.4) is 0 Å². The number of amidine groups is 1. The lowest BCUT2D eigenvalue weighted by Crippen LogP contribution is -2.19. The molecule has 0 radical (unpaired) electrons. The van der Waals surface area contributed by atoms with Crippen LogP contribution in [0.15, 0.2) is 58.4 Å². The predicted molar refractivity (Wildman–Crippen MR) is 90.3 cm³/mol. The Morgan fingerprint density at radius 1 is 1.17 bits per heavy atom. The van der Waals surface area contributed by atoms with Gasteiger partial charge in [0.1, 0.15) is 5.82 Å². The summed E-state index contributed by atoms with van der Waals surface area (Å²) in [5.74, 6) is -0.766. The summed E-state index contributed by atoms with van der Waals surface area (Å²) in [7, 11) is 0. The van der Waals surface area contributed by atoms with E-state index in [1.54, 1.807) is 18.2 Å². The van der Waals surface area contributed by atoms with Crippen LogP contribution in [0.25, 0.3) is 6.08 Å². The van der Waals surface area contributed by atoms with Gasteiger partial charge >= 0.3 is 0 Å². The van der Waals surface area contributed by atoms with E-state index in [2.05, 4.69) is 10.3 Å². The molecule has 1 aliphatic rings. The average Bonchev–Trinajstić information content (AvgIpc) is 2.89. The van der Waals surface area contributed by atoms with E-state index < -0.39 is 4.92 Å². The molecule has 0 saturated carbocycles. The summed E-state index contributed by atoms with van der Waals surface area (Å²) < 4.78 is 12.9. The van der Waals surface area contributed by atoms with Crippen molar-refractivity contribution in [2.45, 2.75) is 0 Å². The highest BCUT2D eigenvalue weighted by Gasteiger charge is 2.25. The molecular formula is C16H10FN3O3S. The van der Waals surface area contributed by atoms with E-state index in [-0.39, 0.29) is 17.4 Å². The molecule has 0 bridgehead atoms. The van der Waals surface area contributed by atoms with Crippen LogP contribution in [-0.4, -0.2) is 16.0 Å². The molecule has 8 heteroatoms. The minimum Gasteiger partial charge on any atom is -0.300 e. The van der Waals surface area contributed by atoms with Crippen LogP contribution in [-0.2, 0) is 4.79 Å². The largest absolute Gasteiger partial charge is 0.300 e. The minimum atomic E-state index is -0.503. The fraction of sp³-hybridized carbons (Fsp3) is 0. The minimum absolute atomic E-state index is 0.0812. The van der Waals surface area contributed by atoms with Crippen molar-refractivity contribution in [2.24, 2.45) is 4.99 Å². The molecule has 2 aromatic carbocycles. The summed E-state index contributed by atoms with van der Waals surface area (Å²) in [6.45, 7) is 0. The van der Waals surface area contributed by atoms with Crippen molar-refractivity contribution in [2.75, 3.05) is 0 Å². The van der Waals surface area contributed by atoms with Gasteiger partial charge in [0, 0.05) is 6.07 Å². The Hall–Kier alpha value is -3.00. The van der Waals surface area contributed by atoms with Crippen molar-refractivity contribution in [1.82, 2.24) is 5.32 Å². The average molecular weight is 343 g/mol. The topological polar surface area (TPSA) is 84.6 Å². The Morgan fingerprint density at radius 3 is 2.58 bits per heavy atom. The number of nitro benzene ring substituents is 1. The van der Waals surface area contributed by atoms with Crippen molar-refractivity contribution in [3.8, 4) is 0 Å². The van der Waals surface area contributed by atoms with Gasteiger partial charge in [-0.1, -0.05) is 12.1 Å². The number of hydrogen-bond acceptors (Lipinski definition) is 5. The van der Waals surface area contributed by atoms with Crippen molar-refractivity contribution in [3.63, 3.8) is 0 Å². The van der Waals surface area contributed by atoms with E-state index in [4.69, 9.17) is 0 Å². The summed E-state index contributed by atoms with van der Waals surface area (Å²) >= 11 is 1.07. The Bertz CT molecular complexity index is 878. The van der Waals surface area contributed by atoms with Gasteiger partial charge in [0.05, 0.1) is 21.1 Å². The molecule has 0 atom stereocenters. The maximum Gasteiger partial charge on any atom is 0.276 e. The monoisotopic (exact) mass is 343 g/mol. The number of nitrogens with one attached hydrogen (secondary N) is 1. The summed E-state index contributed by atoms with van der Waals surface area (Å²) in [5.41, 5.74) is 0.747. The van der Waals surface area contributed by atoms with Crippen LogP contribution in [0.1, 0.15) is 5.56 Å². The van der Waals surface area contributed by atoms with E-state index in [0.29, 0.717) is 21.3 Å². The maximum absolute atomic E-state index is 12.9. The van der Waals surface area contributed by atoms with Gasteiger partial charge in [-0.2, -0.15) is 0 Å². The molecule has 0 spiro atoms. The third-order valence-corrected chi connectivity index (χ3v) is 4.04. The second-order valence-electron chi connectivity index (χ2n) is 4.77. The number of benzene rings is 2. The zero-order valence-electron chi connectivity index (χ0n) is 12.1. The second kappa shape index (κ2) is 6.63. The molecule has 0 aromatic heterocycles. The van der Waals surface area contributed by atoms with Crippen LogP contribution >= 0.6 is 11.8 Å². The molecular weight excluding hydrogens is 333 g/mol. The third-order valence-electron chi connectivity index (χ3n) is 3.13. The number of hydrogen-bond donors (Lipinski definition) is 1. The lowest BCUT2D eigenvalue weighted by molar-refractivity contribution is -0.385. The first-order valence-corrected chi connectivity index (χ1v) is 7.63. The van der Waals surface area contributed by atoms with Gasteiger partial charge in [-0.15, -0.1) is 0 Å². The van der Waals surface area contributed by atoms with Gasteiger partial charge in [-0.3, -0.25) is 14.9 Å². The zero-order chi connectivity index (χ0) is 17.1. The summed E-state index contributed by atoms with van der Waals surface area (Å²) in [6.07, 6.45) is 1.45. The molecule has 1 aliphatic heterocycles. The van der Waals surface area contributed by atoms with Crippen LogP contribution in [0, 0.1) is 15.9 Å². The first-order valence-electron chi connectivity index (χ1n) is 6.81. The van der Waals surface area contributed by atoms with Crippen molar-refractivity contribution < 1.29 is 14.1 Å². The second-order valence-corrected chi connectivity index (χ2v) is 5.80. The number of nitrogens with zero attached hydrogens (tertiary/aromatic N) is 2. The van der Waals surface area contributed by atoms with Gasteiger partial charge < -0.3 is 5.32 Å².